The molecule has 0 bridgehead atoms. The number of thiocarbonyl (C=S) groups is 1. The highest BCUT2D eigenvalue weighted by Gasteiger charge is 2.17. The Bertz CT molecular complexity index is 518. The number of carbonyl (C=O) groups is 1. The second kappa shape index (κ2) is 7.52. The Balaban J connectivity index is 1.76. The molecular formula is C16H23N3OS. The van der Waals surface area contributed by atoms with Crippen LogP contribution in [0.5, 0.6) is 0 Å². The third-order valence-electron chi connectivity index (χ3n) is 3.97. The van der Waals surface area contributed by atoms with Gasteiger partial charge in [0, 0.05) is 46.1 Å². The molecule has 2 rings (SSSR count). The van der Waals surface area contributed by atoms with Crippen molar-refractivity contribution in [1.82, 2.24) is 9.80 Å². The van der Waals surface area contributed by atoms with Gasteiger partial charge < -0.3 is 10.6 Å². The van der Waals surface area contributed by atoms with Gasteiger partial charge in [-0.15, -0.1) is 0 Å². The Morgan fingerprint density at radius 3 is 2.76 bits per heavy atom. The molecule has 1 heterocycles. The highest BCUT2D eigenvalue weighted by atomic mass is 32.1. The van der Waals surface area contributed by atoms with Crippen LogP contribution in [-0.4, -0.2) is 47.4 Å². The lowest BCUT2D eigenvalue weighted by Crippen LogP contribution is -2.36. The Morgan fingerprint density at radius 2 is 2.05 bits per heavy atom. The zero-order valence-electron chi connectivity index (χ0n) is 12.5. The fourth-order valence-electron chi connectivity index (χ4n) is 2.59. The van der Waals surface area contributed by atoms with Gasteiger partial charge in [-0.05, 0) is 17.5 Å². The highest BCUT2D eigenvalue weighted by molar-refractivity contribution is 7.80. The monoisotopic (exact) mass is 305 g/mol. The van der Waals surface area contributed by atoms with Crippen molar-refractivity contribution in [2.75, 3.05) is 26.7 Å². The summed E-state index contributed by atoms with van der Waals surface area (Å²) in [7, 11) is 1.81. The van der Waals surface area contributed by atoms with Gasteiger partial charge in [-0.25, -0.2) is 0 Å². The molecule has 21 heavy (non-hydrogen) atoms. The molecule has 0 spiro atoms. The number of carbonyl (C=O) groups excluding carboxylic acids is 1. The van der Waals surface area contributed by atoms with Crippen molar-refractivity contribution >= 4 is 23.1 Å². The first-order valence-electron chi connectivity index (χ1n) is 7.37. The van der Waals surface area contributed by atoms with E-state index in [1.807, 2.05) is 7.05 Å². The summed E-state index contributed by atoms with van der Waals surface area (Å²) in [6, 6.07) is 8.55. The predicted octanol–water partition coefficient (Wildman–Crippen LogP) is 1.57. The van der Waals surface area contributed by atoms with Gasteiger partial charge in [0.15, 0.2) is 0 Å². The van der Waals surface area contributed by atoms with Crippen LogP contribution in [0.1, 0.15) is 24.0 Å². The van der Waals surface area contributed by atoms with Gasteiger partial charge in [0.1, 0.15) is 0 Å². The van der Waals surface area contributed by atoms with Crippen molar-refractivity contribution in [1.29, 1.82) is 0 Å². The molecule has 114 valence electrons. The second-order valence-corrected chi connectivity index (χ2v) is 6.10. The van der Waals surface area contributed by atoms with Crippen LogP contribution >= 0.6 is 12.2 Å². The van der Waals surface area contributed by atoms with Gasteiger partial charge in [0.25, 0.3) is 0 Å². The normalized spacial score (nSPS) is 14.5. The van der Waals surface area contributed by atoms with Crippen LogP contribution in [0.2, 0.25) is 0 Å². The number of hydrogen-bond donors (Lipinski definition) is 1. The fraction of sp³-hybridized carbons (Fsp3) is 0.500. The average molecular weight is 305 g/mol. The van der Waals surface area contributed by atoms with Crippen molar-refractivity contribution < 1.29 is 4.79 Å². The Hall–Kier alpha value is -1.46. The molecule has 0 aliphatic carbocycles. The van der Waals surface area contributed by atoms with Gasteiger partial charge in [-0.3, -0.25) is 9.69 Å². The van der Waals surface area contributed by atoms with E-state index in [2.05, 4.69) is 29.2 Å². The van der Waals surface area contributed by atoms with Crippen molar-refractivity contribution in [3.8, 4) is 0 Å². The van der Waals surface area contributed by atoms with Gasteiger partial charge in [-0.2, -0.15) is 0 Å². The number of benzene rings is 1. The first-order chi connectivity index (χ1) is 10.1. The first-order valence-corrected chi connectivity index (χ1v) is 7.78. The van der Waals surface area contributed by atoms with Crippen LogP contribution in [0.25, 0.3) is 0 Å². The maximum absolute atomic E-state index is 12.1. The molecule has 1 aliphatic heterocycles. The topological polar surface area (TPSA) is 49.6 Å². The molecule has 0 aromatic heterocycles. The van der Waals surface area contributed by atoms with Crippen molar-refractivity contribution in [2.45, 2.75) is 25.8 Å². The lowest BCUT2D eigenvalue weighted by Gasteiger charge is -2.29. The summed E-state index contributed by atoms with van der Waals surface area (Å²) in [5.74, 6) is 0.158. The summed E-state index contributed by atoms with van der Waals surface area (Å²) in [5, 5.41) is 0. The number of hydrogen-bond acceptors (Lipinski definition) is 3. The maximum atomic E-state index is 12.1. The molecule has 0 unspecified atom stereocenters. The third-order valence-corrected chi connectivity index (χ3v) is 4.18. The highest BCUT2D eigenvalue weighted by Crippen LogP contribution is 2.18. The molecule has 1 aromatic carbocycles. The molecule has 4 nitrogen and oxygen atoms in total. The number of rotatable bonds is 6. The summed E-state index contributed by atoms with van der Waals surface area (Å²) in [6.07, 6.45) is 2.21. The molecule has 1 amide bonds. The van der Waals surface area contributed by atoms with E-state index in [9.17, 15) is 4.79 Å². The Kier molecular flexibility index (Phi) is 5.70. The minimum Gasteiger partial charge on any atom is -0.393 e. The number of nitrogens with zero attached hydrogens (tertiary/aromatic N) is 2. The number of fused-ring (bicyclic) bond motifs is 1. The number of nitrogens with two attached hydrogens (primary N) is 1. The standard InChI is InChI=1S/C16H23N3OS/c1-18(9-7-15(17)21)16(20)8-11-19-10-6-13-4-2-3-5-14(13)12-19/h2-5H,6-12H2,1H3,(H2,17,21). The predicted molar refractivity (Wildman–Crippen MR) is 89.1 cm³/mol. The average Bonchev–Trinajstić information content (AvgIpc) is 2.49. The van der Waals surface area contributed by atoms with E-state index in [1.54, 1.807) is 4.90 Å². The summed E-state index contributed by atoms with van der Waals surface area (Å²) in [4.78, 5) is 16.6. The van der Waals surface area contributed by atoms with Crippen LogP contribution in [0, 0.1) is 0 Å². The van der Waals surface area contributed by atoms with E-state index in [-0.39, 0.29) is 5.91 Å². The summed E-state index contributed by atoms with van der Waals surface area (Å²) >= 11 is 4.84. The smallest absolute Gasteiger partial charge is 0.223 e. The van der Waals surface area contributed by atoms with Gasteiger partial charge in [0.2, 0.25) is 5.91 Å². The van der Waals surface area contributed by atoms with E-state index in [0.29, 0.717) is 24.4 Å². The van der Waals surface area contributed by atoms with Crippen LogP contribution in [0.15, 0.2) is 24.3 Å². The molecule has 5 heteroatoms. The lowest BCUT2D eigenvalue weighted by atomic mass is 10.00. The molecule has 0 atom stereocenters. The molecule has 0 fully saturated rings. The van der Waals surface area contributed by atoms with Crippen LogP contribution in [0.4, 0.5) is 0 Å². The van der Waals surface area contributed by atoms with E-state index < -0.39 is 0 Å². The van der Waals surface area contributed by atoms with Gasteiger partial charge in [0.05, 0.1) is 4.99 Å². The van der Waals surface area contributed by atoms with E-state index >= 15 is 0 Å². The largest absolute Gasteiger partial charge is 0.393 e. The second-order valence-electron chi connectivity index (χ2n) is 5.58. The minimum absolute atomic E-state index is 0.158. The van der Waals surface area contributed by atoms with E-state index in [4.69, 9.17) is 18.0 Å². The van der Waals surface area contributed by atoms with E-state index in [1.165, 1.54) is 11.1 Å². The molecule has 2 N–H and O–H groups in total. The molecule has 1 aliphatic rings. The maximum Gasteiger partial charge on any atom is 0.223 e. The van der Waals surface area contributed by atoms with Crippen molar-refractivity contribution in [3.63, 3.8) is 0 Å². The molecule has 0 saturated carbocycles. The molecule has 0 radical (unpaired) electrons. The molecular weight excluding hydrogens is 282 g/mol. The minimum atomic E-state index is 0.158. The first kappa shape index (κ1) is 15.9. The Morgan fingerprint density at radius 1 is 1.33 bits per heavy atom. The number of amides is 1. The van der Waals surface area contributed by atoms with Gasteiger partial charge in [-0.1, -0.05) is 36.5 Å². The summed E-state index contributed by atoms with van der Waals surface area (Å²) < 4.78 is 0. The van der Waals surface area contributed by atoms with Gasteiger partial charge >= 0.3 is 0 Å². The fourth-order valence-corrected chi connectivity index (χ4v) is 2.68. The Labute approximate surface area is 131 Å². The molecule has 0 saturated heterocycles. The van der Waals surface area contributed by atoms with Crippen LogP contribution in [0.3, 0.4) is 0 Å². The lowest BCUT2D eigenvalue weighted by molar-refractivity contribution is -0.130. The quantitative estimate of drug-likeness (QED) is 0.811. The van der Waals surface area contributed by atoms with Crippen LogP contribution < -0.4 is 5.73 Å². The molecule has 1 aromatic rings. The zero-order valence-corrected chi connectivity index (χ0v) is 13.4. The summed E-state index contributed by atoms with van der Waals surface area (Å²) in [6.45, 7) is 3.39. The SMILES string of the molecule is CN(CCC(N)=S)C(=O)CCN1CCc2ccccc2C1. The zero-order chi connectivity index (χ0) is 15.2. The van der Waals surface area contributed by atoms with Crippen molar-refractivity contribution in [2.24, 2.45) is 5.73 Å². The van der Waals surface area contributed by atoms with Crippen LogP contribution in [-0.2, 0) is 17.8 Å². The summed E-state index contributed by atoms with van der Waals surface area (Å²) in [5.41, 5.74) is 8.29. The van der Waals surface area contributed by atoms with E-state index in [0.717, 1.165) is 26.1 Å². The van der Waals surface area contributed by atoms with Crippen molar-refractivity contribution in [3.05, 3.63) is 35.4 Å². The third kappa shape index (κ3) is 4.79.